The molecule has 1 heterocycles. The highest BCUT2D eigenvalue weighted by molar-refractivity contribution is 5.84. The minimum Gasteiger partial charge on any atom is -0.379 e. The number of hydrogen-bond donors (Lipinski definition) is 3. The monoisotopic (exact) mass is 479 g/mol. The Bertz CT molecular complexity index is 1080. The van der Waals surface area contributed by atoms with Crippen LogP contribution >= 0.6 is 0 Å². The molecule has 0 unspecified atom stereocenters. The second kappa shape index (κ2) is 13.4. The summed E-state index contributed by atoms with van der Waals surface area (Å²) in [4.78, 5) is 22.1. The van der Waals surface area contributed by atoms with Gasteiger partial charge in [-0.05, 0) is 50.5 Å². The summed E-state index contributed by atoms with van der Waals surface area (Å²) in [6.07, 6.45) is 1.50. The first-order chi connectivity index (χ1) is 16.9. The molecule has 0 aliphatic rings. The van der Waals surface area contributed by atoms with E-state index in [0.717, 1.165) is 17.7 Å². The smallest absolute Gasteiger partial charge is 0.243 e. The predicted octanol–water partition coefficient (Wildman–Crippen LogP) is 4.49. The number of benzene rings is 2. The van der Waals surface area contributed by atoms with Crippen molar-refractivity contribution < 1.29 is 13.9 Å². The molecular weight excluding hydrogens is 445 g/mol. The molecule has 7 nitrogen and oxygen atoms in total. The van der Waals surface area contributed by atoms with Gasteiger partial charge in [-0.1, -0.05) is 42.5 Å². The van der Waals surface area contributed by atoms with Crippen LogP contribution in [0.2, 0.25) is 0 Å². The number of aryl methyl sites for hydroxylation is 1. The summed E-state index contributed by atoms with van der Waals surface area (Å²) in [7, 11) is 0. The van der Waals surface area contributed by atoms with Crippen LogP contribution in [0, 0.1) is 12.7 Å². The molecule has 0 aliphatic heterocycles. The Morgan fingerprint density at radius 2 is 1.80 bits per heavy atom. The number of carbonyl (C=O) groups excluding carboxylic acids is 1. The van der Waals surface area contributed by atoms with E-state index in [1.165, 1.54) is 12.1 Å². The van der Waals surface area contributed by atoms with Gasteiger partial charge in [0, 0.05) is 37.9 Å². The minimum atomic E-state index is -0.576. The summed E-state index contributed by atoms with van der Waals surface area (Å²) in [5.74, 6) is 0.522. The number of anilines is 2. The molecule has 1 aromatic heterocycles. The largest absolute Gasteiger partial charge is 0.379 e. The minimum absolute atomic E-state index is 0.199. The van der Waals surface area contributed by atoms with Crippen LogP contribution in [0.1, 0.15) is 37.1 Å². The molecule has 0 aliphatic carbocycles. The van der Waals surface area contributed by atoms with Gasteiger partial charge in [0.05, 0.1) is 6.10 Å². The second-order valence-electron chi connectivity index (χ2n) is 8.65. The molecule has 0 saturated carbocycles. The van der Waals surface area contributed by atoms with Crippen molar-refractivity contribution in [2.45, 2.75) is 52.3 Å². The van der Waals surface area contributed by atoms with E-state index in [1.54, 1.807) is 12.1 Å². The fourth-order valence-electron chi connectivity index (χ4n) is 3.51. The zero-order chi connectivity index (χ0) is 25.0. The van der Waals surface area contributed by atoms with Crippen molar-refractivity contribution in [3.63, 3.8) is 0 Å². The molecule has 0 fully saturated rings. The Hall–Kier alpha value is -3.52. The summed E-state index contributed by atoms with van der Waals surface area (Å²) < 4.78 is 19.1. The molecular formula is C27H34FN5O2. The van der Waals surface area contributed by atoms with Gasteiger partial charge < -0.3 is 20.7 Å². The van der Waals surface area contributed by atoms with Gasteiger partial charge in [-0.3, -0.25) is 4.79 Å². The fourth-order valence-corrected chi connectivity index (χ4v) is 3.51. The molecule has 186 valence electrons. The van der Waals surface area contributed by atoms with E-state index in [9.17, 15) is 9.18 Å². The van der Waals surface area contributed by atoms with Gasteiger partial charge in [0.2, 0.25) is 11.9 Å². The van der Waals surface area contributed by atoms with Gasteiger partial charge in [0.1, 0.15) is 17.7 Å². The third-order valence-corrected chi connectivity index (χ3v) is 5.19. The number of nitrogens with one attached hydrogen (secondary N) is 3. The lowest BCUT2D eigenvalue weighted by Gasteiger charge is -2.20. The van der Waals surface area contributed by atoms with Crippen molar-refractivity contribution in [1.29, 1.82) is 0 Å². The maximum Gasteiger partial charge on any atom is 0.243 e. The Morgan fingerprint density at radius 1 is 1.03 bits per heavy atom. The number of amides is 1. The van der Waals surface area contributed by atoms with Crippen molar-refractivity contribution in [3.8, 4) is 0 Å². The van der Waals surface area contributed by atoms with Crippen molar-refractivity contribution in [3.05, 3.63) is 83.3 Å². The molecule has 0 bridgehead atoms. The quantitative estimate of drug-likeness (QED) is 0.313. The van der Waals surface area contributed by atoms with Crippen LogP contribution in [-0.4, -0.2) is 41.2 Å². The molecule has 8 heteroatoms. The average molecular weight is 480 g/mol. The molecule has 3 N–H and O–H groups in total. The van der Waals surface area contributed by atoms with Crippen molar-refractivity contribution in [2.24, 2.45) is 0 Å². The first kappa shape index (κ1) is 26.1. The van der Waals surface area contributed by atoms with Crippen molar-refractivity contribution >= 4 is 17.7 Å². The van der Waals surface area contributed by atoms with Crippen LogP contribution < -0.4 is 16.0 Å². The van der Waals surface area contributed by atoms with Gasteiger partial charge in [-0.15, -0.1) is 0 Å². The molecule has 1 atom stereocenters. The predicted molar refractivity (Wildman–Crippen MR) is 137 cm³/mol. The molecule has 1 amide bonds. The van der Waals surface area contributed by atoms with Crippen LogP contribution in [0.15, 0.2) is 60.7 Å². The highest BCUT2D eigenvalue weighted by atomic mass is 19.1. The molecule has 0 saturated heterocycles. The number of ether oxygens (including phenoxy) is 1. The summed E-state index contributed by atoms with van der Waals surface area (Å²) >= 11 is 0. The third kappa shape index (κ3) is 9.33. The molecule has 3 aromatic rings. The highest BCUT2D eigenvalue weighted by Gasteiger charge is 2.20. The number of aromatic nitrogens is 2. The Balaban J connectivity index is 1.68. The van der Waals surface area contributed by atoms with Gasteiger partial charge in [-0.2, -0.15) is 4.98 Å². The molecule has 3 rings (SSSR count). The Morgan fingerprint density at radius 3 is 2.54 bits per heavy atom. The van der Waals surface area contributed by atoms with Gasteiger partial charge in [0.25, 0.3) is 0 Å². The fraction of sp³-hybridized carbons (Fsp3) is 0.370. The van der Waals surface area contributed by atoms with E-state index < -0.39 is 6.04 Å². The highest BCUT2D eigenvalue weighted by Crippen LogP contribution is 2.14. The molecule has 2 aromatic carbocycles. The van der Waals surface area contributed by atoms with Crippen molar-refractivity contribution in [2.75, 3.05) is 23.8 Å². The van der Waals surface area contributed by atoms with Crippen LogP contribution in [-0.2, 0) is 22.5 Å². The number of nitrogens with zero attached hydrogens (tertiary/aromatic N) is 2. The lowest BCUT2D eigenvalue weighted by molar-refractivity contribution is -0.122. The first-order valence-corrected chi connectivity index (χ1v) is 11.9. The first-order valence-electron chi connectivity index (χ1n) is 11.9. The van der Waals surface area contributed by atoms with E-state index in [0.29, 0.717) is 36.9 Å². The number of rotatable bonds is 13. The van der Waals surface area contributed by atoms with Crippen molar-refractivity contribution in [1.82, 2.24) is 15.3 Å². The van der Waals surface area contributed by atoms with Gasteiger partial charge >= 0.3 is 0 Å². The number of halogens is 1. The zero-order valence-corrected chi connectivity index (χ0v) is 20.6. The zero-order valence-electron chi connectivity index (χ0n) is 20.6. The maximum atomic E-state index is 13.5. The molecule has 35 heavy (non-hydrogen) atoms. The number of carbonyl (C=O) groups is 1. The van der Waals surface area contributed by atoms with E-state index in [-0.39, 0.29) is 24.4 Å². The lowest BCUT2D eigenvalue weighted by Crippen LogP contribution is -2.41. The molecule has 0 radical (unpaired) electrons. The van der Waals surface area contributed by atoms with Crippen LogP contribution in [0.3, 0.4) is 0 Å². The van der Waals surface area contributed by atoms with E-state index in [4.69, 9.17) is 4.74 Å². The second-order valence-corrected chi connectivity index (χ2v) is 8.65. The number of hydrogen-bond acceptors (Lipinski definition) is 6. The topological polar surface area (TPSA) is 88.2 Å². The normalized spacial score (nSPS) is 11.8. The summed E-state index contributed by atoms with van der Waals surface area (Å²) in [6, 6.07) is 17.2. The van der Waals surface area contributed by atoms with E-state index in [1.807, 2.05) is 57.2 Å². The summed E-state index contributed by atoms with van der Waals surface area (Å²) in [5.41, 5.74) is 2.49. The van der Waals surface area contributed by atoms with Gasteiger partial charge in [0.15, 0.2) is 0 Å². The SMILES string of the molecule is Cc1cc(N[C@@H](Cc2ccccc2)C(=O)NCc2cccc(F)c2)nc(NCCCOC(C)C)n1. The third-order valence-electron chi connectivity index (χ3n) is 5.19. The van der Waals surface area contributed by atoms with E-state index >= 15 is 0 Å². The molecule has 0 spiro atoms. The standard InChI is InChI=1S/C27H34FN5O2/c1-19(2)35-14-8-13-29-27-31-20(3)15-25(33-27)32-24(17-21-9-5-4-6-10-21)26(34)30-18-22-11-7-12-23(28)16-22/h4-7,9-12,15-16,19,24H,8,13-14,17-18H2,1-3H3,(H,30,34)(H2,29,31,32,33)/t24-/m0/s1. The summed E-state index contributed by atoms with van der Waals surface area (Å²) in [6.45, 7) is 7.47. The lowest BCUT2D eigenvalue weighted by atomic mass is 10.0. The van der Waals surface area contributed by atoms with Gasteiger partial charge in [-0.25, -0.2) is 9.37 Å². The Labute approximate surface area is 206 Å². The average Bonchev–Trinajstić information content (AvgIpc) is 2.82. The van der Waals surface area contributed by atoms with E-state index in [2.05, 4.69) is 25.9 Å². The maximum absolute atomic E-state index is 13.5. The Kier molecular flexibility index (Phi) is 9.98. The summed E-state index contributed by atoms with van der Waals surface area (Å²) in [5, 5.41) is 9.41. The van der Waals surface area contributed by atoms with Crippen LogP contribution in [0.5, 0.6) is 0 Å². The van der Waals surface area contributed by atoms with Crippen LogP contribution in [0.25, 0.3) is 0 Å². The van der Waals surface area contributed by atoms with Crippen LogP contribution in [0.4, 0.5) is 16.2 Å².